The largest absolute Gasteiger partial charge is 0.151 e. The van der Waals surface area contributed by atoms with Gasteiger partial charge in [-0.3, -0.25) is 0 Å². The average molecular weight is 327 g/mol. The molecule has 2 unspecified atom stereocenters. The van der Waals surface area contributed by atoms with E-state index >= 15 is 0 Å². The maximum Gasteiger partial charge on any atom is 0.0388 e. The first-order chi connectivity index (χ1) is 10.7. The van der Waals surface area contributed by atoms with Crippen molar-refractivity contribution >= 4 is 23.5 Å². The molecule has 2 aromatic rings. The third-order valence-electron chi connectivity index (χ3n) is 5.21. The Balaban J connectivity index is 1.64. The minimum atomic E-state index is 0.116. The van der Waals surface area contributed by atoms with Crippen LogP contribution in [-0.4, -0.2) is 11.5 Å². The predicted octanol–water partition coefficient (Wildman–Crippen LogP) is 5.98. The fraction of sp³-hybridized carbons (Fsp3) is 0.400. The maximum atomic E-state index is 2.38. The lowest BCUT2D eigenvalue weighted by Crippen LogP contribution is -2.22. The highest BCUT2D eigenvalue weighted by molar-refractivity contribution is 8.06. The summed E-state index contributed by atoms with van der Waals surface area (Å²) in [4.78, 5) is 0. The van der Waals surface area contributed by atoms with Crippen molar-refractivity contribution in [3.8, 4) is 0 Å². The molecule has 2 heteroatoms. The van der Waals surface area contributed by atoms with Crippen LogP contribution >= 0.6 is 23.5 Å². The Labute approximate surface area is 142 Å². The molecule has 0 amide bonds. The Bertz CT molecular complexity index is 594. The fourth-order valence-electron chi connectivity index (χ4n) is 3.19. The summed E-state index contributed by atoms with van der Waals surface area (Å²) in [5.74, 6) is 2.59. The van der Waals surface area contributed by atoms with Crippen LogP contribution in [0.1, 0.15) is 53.0 Å². The van der Waals surface area contributed by atoms with Crippen LogP contribution in [0, 0.1) is 0 Å². The molecule has 2 aromatic carbocycles. The Morgan fingerprint density at radius 1 is 0.818 bits per heavy atom. The zero-order valence-electron chi connectivity index (χ0n) is 13.2. The van der Waals surface area contributed by atoms with Gasteiger partial charge in [-0.15, -0.1) is 0 Å². The van der Waals surface area contributed by atoms with Crippen LogP contribution < -0.4 is 0 Å². The topological polar surface area (TPSA) is 0 Å². The van der Waals surface area contributed by atoms with Crippen LogP contribution in [0.3, 0.4) is 0 Å². The SMILES string of the molecule is CCC(C)(c1ccc(C2CS2)cc1)c1ccc(C2CS2)cc1. The van der Waals surface area contributed by atoms with E-state index in [0.717, 1.165) is 16.9 Å². The number of benzene rings is 2. The van der Waals surface area contributed by atoms with Crippen molar-refractivity contribution in [2.75, 3.05) is 11.5 Å². The molecule has 2 aliphatic heterocycles. The highest BCUT2D eigenvalue weighted by atomic mass is 32.2. The standard InChI is InChI=1S/C20H22S2/c1-3-20(2,16-8-4-14(5-9-16)18-12-21-18)17-10-6-15(7-11-17)19-13-22-19/h4-11,18-19H,3,12-13H2,1-2H3. The summed E-state index contributed by atoms with van der Waals surface area (Å²) in [6, 6.07) is 18.7. The summed E-state index contributed by atoms with van der Waals surface area (Å²) in [5.41, 5.74) is 5.99. The van der Waals surface area contributed by atoms with Crippen molar-refractivity contribution in [1.29, 1.82) is 0 Å². The van der Waals surface area contributed by atoms with Gasteiger partial charge >= 0.3 is 0 Å². The van der Waals surface area contributed by atoms with Gasteiger partial charge in [-0.1, -0.05) is 62.4 Å². The molecule has 4 rings (SSSR count). The molecule has 0 radical (unpaired) electrons. The first-order valence-corrected chi connectivity index (χ1v) is 10.2. The van der Waals surface area contributed by atoms with Crippen molar-refractivity contribution in [3.63, 3.8) is 0 Å². The van der Waals surface area contributed by atoms with Crippen molar-refractivity contribution in [3.05, 3.63) is 70.8 Å². The van der Waals surface area contributed by atoms with Gasteiger partial charge in [0, 0.05) is 27.4 Å². The smallest absolute Gasteiger partial charge is 0.0388 e. The van der Waals surface area contributed by atoms with Crippen LogP contribution in [0.25, 0.3) is 0 Å². The summed E-state index contributed by atoms with van der Waals surface area (Å²) in [6.45, 7) is 4.68. The van der Waals surface area contributed by atoms with E-state index in [0.29, 0.717) is 0 Å². The summed E-state index contributed by atoms with van der Waals surface area (Å²) in [6.07, 6.45) is 1.13. The van der Waals surface area contributed by atoms with Gasteiger partial charge in [0.1, 0.15) is 0 Å². The van der Waals surface area contributed by atoms with Gasteiger partial charge in [-0.2, -0.15) is 23.5 Å². The van der Waals surface area contributed by atoms with Gasteiger partial charge in [-0.25, -0.2) is 0 Å². The van der Waals surface area contributed by atoms with E-state index in [1.807, 2.05) is 23.5 Å². The van der Waals surface area contributed by atoms with Crippen LogP contribution in [0.4, 0.5) is 0 Å². The van der Waals surface area contributed by atoms with E-state index in [1.54, 1.807) is 0 Å². The van der Waals surface area contributed by atoms with E-state index in [4.69, 9.17) is 0 Å². The Kier molecular flexibility index (Phi) is 3.78. The van der Waals surface area contributed by atoms with E-state index in [2.05, 4.69) is 62.4 Å². The number of rotatable bonds is 5. The van der Waals surface area contributed by atoms with Gasteiger partial charge in [-0.05, 0) is 28.7 Å². The lowest BCUT2D eigenvalue weighted by atomic mass is 9.74. The zero-order valence-corrected chi connectivity index (χ0v) is 14.8. The minimum absolute atomic E-state index is 0.116. The molecule has 22 heavy (non-hydrogen) atoms. The molecule has 2 heterocycles. The normalized spacial score (nSPS) is 25.5. The van der Waals surface area contributed by atoms with Crippen LogP contribution in [0.5, 0.6) is 0 Å². The van der Waals surface area contributed by atoms with Gasteiger partial charge < -0.3 is 0 Å². The molecule has 0 N–H and O–H groups in total. The number of hydrogen-bond donors (Lipinski definition) is 0. The van der Waals surface area contributed by atoms with Crippen molar-refractivity contribution in [1.82, 2.24) is 0 Å². The predicted molar refractivity (Wildman–Crippen MR) is 100 cm³/mol. The molecular formula is C20H22S2. The maximum absolute atomic E-state index is 2.38. The highest BCUT2D eigenvalue weighted by Gasteiger charge is 2.30. The number of thioether (sulfide) groups is 2. The molecule has 2 fully saturated rings. The molecule has 0 spiro atoms. The van der Waals surface area contributed by atoms with E-state index < -0.39 is 0 Å². The average Bonchev–Trinajstić information content (AvgIpc) is 3.46. The zero-order chi connectivity index (χ0) is 15.2. The molecule has 0 nitrogen and oxygen atoms in total. The molecule has 0 aromatic heterocycles. The van der Waals surface area contributed by atoms with E-state index in [9.17, 15) is 0 Å². The van der Waals surface area contributed by atoms with Gasteiger partial charge in [0.15, 0.2) is 0 Å². The highest BCUT2D eigenvalue weighted by Crippen LogP contribution is 2.48. The molecule has 0 aliphatic carbocycles. The monoisotopic (exact) mass is 326 g/mol. The van der Waals surface area contributed by atoms with Gasteiger partial charge in [0.05, 0.1) is 0 Å². The second-order valence-electron chi connectivity index (χ2n) is 6.57. The first kappa shape index (κ1) is 14.7. The molecule has 2 aliphatic rings. The molecule has 0 bridgehead atoms. The fourth-order valence-corrected chi connectivity index (χ4v) is 4.46. The first-order valence-electron chi connectivity index (χ1n) is 8.15. The second kappa shape index (κ2) is 5.65. The van der Waals surface area contributed by atoms with Crippen molar-refractivity contribution in [2.45, 2.75) is 36.2 Å². The van der Waals surface area contributed by atoms with Crippen molar-refractivity contribution in [2.24, 2.45) is 0 Å². The van der Waals surface area contributed by atoms with Crippen LogP contribution in [-0.2, 0) is 5.41 Å². The van der Waals surface area contributed by atoms with Crippen molar-refractivity contribution < 1.29 is 0 Å². The van der Waals surface area contributed by atoms with E-state index in [-0.39, 0.29) is 5.41 Å². The lowest BCUT2D eigenvalue weighted by molar-refractivity contribution is 0.549. The summed E-state index contributed by atoms with van der Waals surface area (Å²) < 4.78 is 0. The second-order valence-corrected chi connectivity index (χ2v) is 9.05. The molecule has 2 saturated heterocycles. The third kappa shape index (κ3) is 2.72. The lowest BCUT2D eigenvalue weighted by Gasteiger charge is -2.30. The quantitative estimate of drug-likeness (QED) is 0.620. The summed E-state index contributed by atoms with van der Waals surface area (Å²) in [7, 11) is 0. The third-order valence-corrected chi connectivity index (χ3v) is 7.09. The van der Waals surface area contributed by atoms with E-state index in [1.165, 1.54) is 33.8 Å². The molecular weight excluding hydrogens is 304 g/mol. The summed E-state index contributed by atoms with van der Waals surface area (Å²) in [5, 5.41) is 1.52. The Morgan fingerprint density at radius 3 is 1.45 bits per heavy atom. The number of hydrogen-bond acceptors (Lipinski definition) is 2. The van der Waals surface area contributed by atoms with Gasteiger partial charge in [0.25, 0.3) is 0 Å². The molecule has 114 valence electrons. The molecule has 0 saturated carbocycles. The summed E-state index contributed by atoms with van der Waals surface area (Å²) >= 11 is 4.09. The van der Waals surface area contributed by atoms with Gasteiger partial charge in [0.2, 0.25) is 0 Å². The van der Waals surface area contributed by atoms with Crippen LogP contribution in [0.15, 0.2) is 48.5 Å². The van der Waals surface area contributed by atoms with Crippen LogP contribution in [0.2, 0.25) is 0 Å². The Morgan fingerprint density at radius 2 is 1.18 bits per heavy atom. The minimum Gasteiger partial charge on any atom is -0.151 e. The molecule has 2 atom stereocenters. The Hall–Kier alpha value is -0.860.